The maximum absolute atomic E-state index is 13.3. The summed E-state index contributed by atoms with van der Waals surface area (Å²) in [4.78, 5) is 48.5. The predicted octanol–water partition coefficient (Wildman–Crippen LogP) is 4.42. The first-order valence-electron chi connectivity index (χ1n) is 12.0. The third-order valence-electron chi connectivity index (χ3n) is 6.90. The van der Waals surface area contributed by atoms with Crippen molar-refractivity contribution in [1.29, 1.82) is 0 Å². The number of fused-ring (bicyclic) bond motifs is 1. The molecule has 1 aliphatic carbocycles. The zero-order valence-electron chi connectivity index (χ0n) is 19.5. The van der Waals surface area contributed by atoms with E-state index in [-0.39, 0.29) is 45.9 Å². The molecule has 1 aliphatic heterocycles. The van der Waals surface area contributed by atoms with Gasteiger partial charge in [-0.15, -0.1) is 0 Å². The fourth-order valence-electron chi connectivity index (χ4n) is 5.03. The van der Waals surface area contributed by atoms with Crippen molar-refractivity contribution in [2.45, 2.75) is 44.6 Å². The van der Waals surface area contributed by atoms with Gasteiger partial charge in [-0.25, -0.2) is 14.8 Å². The van der Waals surface area contributed by atoms with Crippen LogP contribution in [0.2, 0.25) is 5.02 Å². The van der Waals surface area contributed by atoms with Crippen LogP contribution >= 0.6 is 11.6 Å². The molecule has 0 unspecified atom stereocenters. The molecule has 3 aromatic rings. The number of nitrogens with zero attached hydrogens (tertiary/aromatic N) is 3. The number of likely N-dealkylation sites (tertiary alicyclic amines) is 1. The number of pyridine rings is 2. The molecule has 3 N–H and O–H groups in total. The van der Waals surface area contributed by atoms with Gasteiger partial charge in [0, 0.05) is 18.2 Å². The highest BCUT2D eigenvalue weighted by molar-refractivity contribution is 6.30. The lowest BCUT2D eigenvalue weighted by molar-refractivity contribution is -0.121. The number of carboxylic acid groups (broad SMARTS) is 1. The molecule has 0 bridgehead atoms. The quantitative estimate of drug-likeness (QED) is 0.442. The van der Waals surface area contributed by atoms with Crippen molar-refractivity contribution >= 4 is 52.0 Å². The molecule has 2 amide bonds. The number of furan rings is 1. The first-order valence-corrected chi connectivity index (χ1v) is 12.4. The molecule has 2 fully saturated rings. The number of carbonyl (C=O) groups is 3. The van der Waals surface area contributed by atoms with E-state index in [2.05, 4.69) is 25.5 Å². The van der Waals surface area contributed by atoms with Gasteiger partial charge in [-0.05, 0) is 75.9 Å². The summed E-state index contributed by atoms with van der Waals surface area (Å²) in [6.07, 6.45) is 7.23. The third-order valence-corrected chi connectivity index (χ3v) is 7.12. The van der Waals surface area contributed by atoms with E-state index >= 15 is 0 Å². The first kappa shape index (κ1) is 24.2. The molecular formula is C25H26ClN5O5. The molecule has 10 nitrogen and oxygen atoms in total. The van der Waals surface area contributed by atoms with E-state index in [1.54, 1.807) is 6.07 Å². The molecule has 3 aromatic heterocycles. The average Bonchev–Trinajstić information content (AvgIpc) is 3.54. The molecule has 0 spiro atoms. The Morgan fingerprint density at radius 2 is 1.78 bits per heavy atom. The Balaban J connectivity index is 1.39. The van der Waals surface area contributed by atoms with Gasteiger partial charge < -0.3 is 25.1 Å². The Morgan fingerprint density at radius 1 is 1.03 bits per heavy atom. The van der Waals surface area contributed by atoms with Gasteiger partial charge in [-0.3, -0.25) is 9.59 Å². The number of aromatic carboxylic acids is 1. The molecule has 2 aliphatic rings. The Bertz CT molecular complexity index is 1290. The number of rotatable bonds is 6. The number of carboxylic acids is 1. The number of hydrogen-bond donors (Lipinski definition) is 3. The summed E-state index contributed by atoms with van der Waals surface area (Å²) in [5.74, 6) is -2.29. The molecule has 0 radical (unpaired) electrons. The predicted molar refractivity (Wildman–Crippen MR) is 133 cm³/mol. The van der Waals surface area contributed by atoms with Crippen molar-refractivity contribution in [3.63, 3.8) is 0 Å². The van der Waals surface area contributed by atoms with Gasteiger partial charge in [-0.1, -0.05) is 11.6 Å². The van der Waals surface area contributed by atoms with E-state index in [0.717, 1.165) is 38.8 Å². The average molecular weight is 512 g/mol. The fraction of sp³-hybridized carbons (Fsp3) is 0.400. The van der Waals surface area contributed by atoms with Crippen molar-refractivity contribution in [1.82, 2.24) is 14.9 Å². The van der Waals surface area contributed by atoms with E-state index in [0.29, 0.717) is 11.1 Å². The van der Waals surface area contributed by atoms with Crippen LogP contribution in [0.25, 0.3) is 11.1 Å². The van der Waals surface area contributed by atoms with Crippen molar-refractivity contribution < 1.29 is 23.9 Å². The van der Waals surface area contributed by atoms with Crippen molar-refractivity contribution in [2.24, 2.45) is 5.92 Å². The summed E-state index contributed by atoms with van der Waals surface area (Å²) >= 11 is 5.86. The van der Waals surface area contributed by atoms with Gasteiger partial charge in [0.05, 0.1) is 5.02 Å². The van der Waals surface area contributed by atoms with Crippen LogP contribution in [-0.2, 0) is 4.79 Å². The number of anilines is 2. The molecule has 1 saturated carbocycles. The van der Waals surface area contributed by atoms with Gasteiger partial charge >= 0.3 is 5.97 Å². The van der Waals surface area contributed by atoms with Crippen LogP contribution in [0.1, 0.15) is 59.6 Å². The summed E-state index contributed by atoms with van der Waals surface area (Å²) in [5.41, 5.74) is 0.105. The Hall–Kier alpha value is -3.50. The maximum Gasteiger partial charge on any atom is 0.354 e. The number of amides is 2. The lowest BCUT2D eigenvalue weighted by Crippen LogP contribution is -2.38. The zero-order valence-corrected chi connectivity index (χ0v) is 20.3. The molecular weight excluding hydrogens is 486 g/mol. The second-order valence-electron chi connectivity index (χ2n) is 9.21. The van der Waals surface area contributed by atoms with Crippen LogP contribution in [0, 0.1) is 5.92 Å². The summed E-state index contributed by atoms with van der Waals surface area (Å²) in [6.45, 7) is 2.25. The van der Waals surface area contributed by atoms with Gasteiger partial charge in [0.2, 0.25) is 11.7 Å². The van der Waals surface area contributed by atoms with Crippen LogP contribution < -0.4 is 10.6 Å². The van der Waals surface area contributed by atoms with Gasteiger partial charge in [0.15, 0.2) is 5.58 Å². The molecule has 36 heavy (non-hydrogen) atoms. The molecule has 0 atom stereocenters. The highest BCUT2D eigenvalue weighted by Crippen LogP contribution is 2.34. The minimum atomic E-state index is -1.23. The number of halogens is 1. The lowest BCUT2D eigenvalue weighted by atomic mass is 9.85. The maximum atomic E-state index is 13.3. The number of aromatic nitrogens is 2. The van der Waals surface area contributed by atoms with E-state index in [1.165, 1.54) is 37.2 Å². The van der Waals surface area contributed by atoms with Gasteiger partial charge in [0.25, 0.3) is 5.91 Å². The highest BCUT2D eigenvalue weighted by Gasteiger charge is 2.32. The van der Waals surface area contributed by atoms with E-state index in [1.807, 2.05) is 0 Å². The van der Waals surface area contributed by atoms with Crippen LogP contribution in [0.3, 0.4) is 0 Å². The topological polar surface area (TPSA) is 138 Å². The molecule has 1 saturated heterocycles. The van der Waals surface area contributed by atoms with E-state index in [9.17, 15) is 19.5 Å². The largest absolute Gasteiger partial charge is 0.477 e. The standard InChI is InChI=1S/C25H26ClN5O5/c26-15-5-10-19(27-13-15)29-24(33)22-21(20-18(36-22)9-8-17(28-20)25(34)35)30-23(32)14-3-6-16(7-4-14)31-11-1-2-12-31/h5,8-10,13-14,16H,1-4,6-7,11-12H2,(H,30,32)(H,34,35)(H,27,29,33)/t14-,16-. The number of hydrogen-bond acceptors (Lipinski definition) is 7. The minimum absolute atomic E-state index is 0.0474. The fourth-order valence-corrected chi connectivity index (χ4v) is 5.14. The summed E-state index contributed by atoms with van der Waals surface area (Å²) in [7, 11) is 0. The Labute approximate surface area is 212 Å². The zero-order chi connectivity index (χ0) is 25.2. The summed E-state index contributed by atoms with van der Waals surface area (Å²) in [5, 5.41) is 15.2. The SMILES string of the molecule is O=C(O)c1ccc2oc(C(=O)Nc3ccc(Cl)cn3)c(NC(=O)[C@H]3CC[C@H](N4CCCC4)CC3)c2n1. The molecule has 188 valence electrons. The summed E-state index contributed by atoms with van der Waals surface area (Å²) in [6, 6.07) is 6.31. The second-order valence-corrected chi connectivity index (χ2v) is 9.64. The Kier molecular flexibility index (Phi) is 6.88. The second kappa shape index (κ2) is 10.2. The van der Waals surface area contributed by atoms with E-state index < -0.39 is 11.9 Å². The monoisotopic (exact) mass is 511 g/mol. The van der Waals surface area contributed by atoms with Crippen LogP contribution in [0.4, 0.5) is 11.5 Å². The Morgan fingerprint density at radius 3 is 2.44 bits per heavy atom. The van der Waals surface area contributed by atoms with Crippen LogP contribution in [-0.4, -0.2) is 56.9 Å². The van der Waals surface area contributed by atoms with Crippen molar-refractivity contribution in [3.05, 3.63) is 46.9 Å². The third kappa shape index (κ3) is 5.05. The molecule has 11 heteroatoms. The van der Waals surface area contributed by atoms with Crippen LogP contribution in [0.5, 0.6) is 0 Å². The lowest BCUT2D eigenvalue weighted by Gasteiger charge is -2.33. The first-order chi connectivity index (χ1) is 17.4. The molecule has 0 aromatic carbocycles. The van der Waals surface area contributed by atoms with Gasteiger partial charge in [-0.2, -0.15) is 0 Å². The summed E-state index contributed by atoms with van der Waals surface area (Å²) < 4.78 is 5.72. The smallest absolute Gasteiger partial charge is 0.354 e. The minimum Gasteiger partial charge on any atom is -0.477 e. The molecule has 5 rings (SSSR count). The normalized spacial score (nSPS) is 20.4. The van der Waals surface area contributed by atoms with E-state index in [4.69, 9.17) is 16.0 Å². The highest BCUT2D eigenvalue weighted by atomic mass is 35.5. The number of nitrogens with one attached hydrogen (secondary N) is 2. The van der Waals surface area contributed by atoms with Crippen molar-refractivity contribution in [3.8, 4) is 0 Å². The van der Waals surface area contributed by atoms with Crippen molar-refractivity contribution in [2.75, 3.05) is 23.7 Å². The molecule has 4 heterocycles. The van der Waals surface area contributed by atoms with Gasteiger partial charge in [0.1, 0.15) is 22.7 Å². The van der Waals surface area contributed by atoms with Crippen LogP contribution in [0.15, 0.2) is 34.9 Å². The number of carbonyl (C=O) groups excluding carboxylic acids is 2.